The summed E-state index contributed by atoms with van der Waals surface area (Å²) in [6.45, 7) is 3.21. The molecule has 0 radical (unpaired) electrons. The lowest BCUT2D eigenvalue weighted by Gasteiger charge is -2.27. The minimum absolute atomic E-state index is 0.00453. The van der Waals surface area contributed by atoms with Crippen LogP contribution in [0.3, 0.4) is 0 Å². The molecular weight excluding hydrogens is 243 g/mol. The Morgan fingerprint density at radius 2 is 2.26 bits per heavy atom. The van der Waals surface area contributed by atoms with E-state index in [1.807, 2.05) is 0 Å². The molecular formula is C15H21FN2O. The van der Waals surface area contributed by atoms with Crippen molar-refractivity contribution in [2.24, 2.45) is 0 Å². The zero-order valence-corrected chi connectivity index (χ0v) is 11.3. The molecule has 1 aromatic carbocycles. The average Bonchev–Trinajstić information content (AvgIpc) is 2.88. The van der Waals surface area contributed by atoms with Crippen LogP contribution < -0.4 is 10.6 Å². The van der Waals surface area contributed by atoms with Gasteiger partial charge in [0, 0.05) is 12.1 Å². The van der Waals surface area contributed by atoms with Crippen molar-refractivity contribution in [3.8, 4) is 0 Å². The van der Waals surface area contributed by atoms with E-state index < -0.39 is 5.54 Å². The van der Waals surface area contributed by atoms with Gasteiger partial charge in [0.15, 0.2) is 0 Å². The van der Waals surface area contributed by atoms with Crippen molar-refractivity contribution in [2.45, 2.75) is 44.7 Å². The van der Waals surface area contributed by atoms with Crippen molar-refractivity contribution in [3.05, 3.63) is 35.6 Å². The van der Waals surface area contributed by atoms with Crippen molar-refractivity contribution in [2.75, 3.05) is 6.54 Å². The third-order valence-electron chi connectivity index (χ3n) is 3.75. The molecule has 1 aromatic rings. The molecule has 1 saturated heterocycles. The van der Waals surface area contributed by atoms with E-state index in [-0.39, 0.29) is 18.3 Å². The maximum atomic E-state index is 13.5. The Morgan fingerprint density at radius 3 is 2.89 bits per heavy atom. The van der Waals surface area contributed by atoms with E-state index in [1.165, 1.54) is 6.07 Å². The van der Waals surface area contributed by atoms with E-state index in [0.29, 0.717) is 5.56 Å². The molecule has 2 rings (SSSR count). The molecule has 104 valence electrons. The summed E-state index contributed by atoms with van der Waals surface area (Å²) in [5.74, 6) is -0.276. The van der Waals surface area contributed by atoms with Crippen LogP contribution in [0.15, 0.2) is 24.3 Å². The van der Waals surface area contributed by atoms with Crippen LogP contribution in [0.2, 0.25) is 0 Å². The monoisotopic (exact) mass is 264 g/mol. The van der Waals surface area contributed by atoms with Gasteiger partial charge in [-0.15, -0.1) is 0 Å². The number of benzene rings is 1. The Labute approximate surface area is 113 Å². The van der Waals surface area contributed by atoms with Gasteiger partial charge in [-0.1, -0.05) is 31.5 Å². The van der Waals surface area contributed by atoms with E-state index in [1.54, 1.807) is 18.2 Å². The molecule has 0 aliphatic carbocycles. The van der Waals surface area contributed by atoms with E-state index in [4.69, 9.17) is 0 Å². The van der Waals surface area contributed by atoms with Crippen LogP contribution in [0.4, 0.5) is 4.39 Å². The van der Waals surface area contributed by atoms with E-state index in [2.05, 4.69) is 17.6 Å². The minimum Gasteiger partial charge on any atom is -0.350 e. The summed E-state index contributed by atoms with van der Waals surface area (Å²) in [5, 5.41) is 6.18. The Balaban J connectivity index is 1.98. The predicted molar refractivity (Wildman–Crippen MR) is 73.1 cm³/mol. The van der Waals surface area contributed by atoms with Crippen LogP contribution in [-0.2, 0) is 11.3 Å². The summed E-state index contributed by atoms with van der Waals surface area (Å²) < 4.78 is 13.5. The first-order chi connectivity index (χ1) is 9.18. The minimum atomic E-state index is -0.444. The largest absolute Gasteiger partial charge is 0.350 e. The highest BCUT2D eigenvalue weighted by molar-refractivity contribution is 5.86. The normalized spacial score (nSPS) is 22.4. The Kier molecular flexibility index (Phi) is 4.53. The summed E-state index contributed by atoms with van der Waals surface area (Å²) in [6, 6.07) is 6.54. The first-order valence-electron chi connectivity index (χ1n) is 6.95. The number of hydrogen-bond acceptors (Lipinski definition) is 2. The molecule has 3 nitrogen and oxygen atoms in total. The maximum absolute atomic E-state index is 13.5. The quantitative estimate of drug-likeness (QED) is 0.857. The molecule has 4 heteroatoms. The first kappa shape index (κ1) is 14.0. The standard InChI is InChI=1S/C15H21FN2O/c1-2-8-15(9-5-10-18-15)14(19)17-11-12-6-3-4-7-13(12)16/h3-4,6-7,18H,2,5,8-11H2,1H3,(H,17,19). The topological polar surface area (TPSA) is 41.1 Å². The lowest BCUT2D eigenvalue weighted by atomic mass is 9.91. The summed E-state index contributed by atoms with van der Waals surface area (Å²) in [6.07, 6.45) is 3.67. The second-order valence-corrected chi connectivity index (χ2v) is 5.14. The molecule has 0 spiro atoms. The van der Waals surface area contributed by atoms with Gasteiger partial charge in [-0.3, -0.25) is 4.79 Å². The van der Waals surface area contributed by atoms with Crippen molar-refractivity contribution >= 4 is 5.91 Å². The van der Waals surface area contributed by atoms with Crippen molar-refractivity contribution in [1.29, 1.82) is 0 Å². The summed E-state index contributed by atoms with van der Waals surface area (Å²) in [4.78, 5) is 12.3. The van der Waals surface area contributed by atoms with Gasteiger partial charge in [-0.25, -0.2) is 4.39 Å². The maximum Gasteiger partial charge on any atom is 0.240 e. The fraction of sp³-hybridized carbons (Fsp3) is 0.533. The molecule has 2 N–H and O–H groups in total. The van der Waals surface area contributed by atoms with Crippen LogP contribution in [0.1, 0.15) is 38.2 Å². The first-order valence-corrected chi connectivity index (χ1v) is 6.95. The highest BCUT2D eigenvalue weighted by Crippen LogP contribution is 2.25. The van der Waals surface area contributed by atoms with E-state index in [0.717, 1.165) is 32.2 Å². The second kappa shape index (κ2) is 6.15. The molecule has 1 heterocycles. The smallest absolute Gasteiger partial charge is 0.240 e. The van der Waals surface area contributed by atoms with Crippen molar-refractivity contribution in [1.82, 2.24) is 10.6 Å². The zero-order chi connectivity index (χ0) is 13.7. The Hall–Kier alpha value is -1.42. The molecule has 1 unspecified atom stereocenters. The lowest BCUT2D eigenvalue weighted by Crippen LogP contribution is -2.53. The van der Waals surface area contributed by atoms with Gasteiger partial charge in [0.2, 0.25) is 5.91 Å². The fourth-order valence-electron chi connectivity index (χ4n) is 2.74. The number of rotatable bonds is 5. The number of carbonyl (C=O) groups is 1. The van der Waals surface area contributed by atoms with Gasteiger partial charge in [0.05, 0.1) is 5.54 Å². The Bertz CT molecular complexity index is 442. The van der Waals surface area contributed by atoms with Crippen LogP contribution in [0, 0.1) is 5.82 Å². The third-order valence-corrected chi connectivity index (χ3v) is 3.75. The van der Waals surface area contributed by atoms with Crippen molar-refractivity contribution in [3.63, 3.8) is 0 Å². The van der Waals surface area contributed by atoms with Gasteiger partial charge in [-0.05, 0) is 31.9 Å². The lowest BCUT2D eigenvalue weighted by molar-refractivity contribution is -0.127. The van der Waals surface area contributed by atoms with Crippen LogP contribution in [-0.4, -0.2) is 18.0 Å². The van der Waals surface area contributed by atoms with Crippen molar-refractivity contribution < 1.29 is 9.18 Å². The highest BCUT2D eigenvalue weighted by atomic mass is 19.1. The summed E-state index contributed by atoms with van der Waals surface area (Å²) >= 11 is 0. The van der Waals surface area contributed by atoms with E-state index in [9.17, 15) is 9.18 Å². The molecule has 0 aromatic heterocycles. The molecule has 1 atom stereocenters. The Morgan fingerprint density at radius 1 is 1.47 bits per heavy atom. The van der Waals surface area contributed by atoms with Crippen LogP contribution in [0.5, 0.6) is 0 Å². The molecule has 1 fully saturated rings. The summed E-state index contributed by atoms with van der Waals surface area (Å²) in [5.41, 5.74) is 0.0838. The number of carbonyl (C=O) groups excluding carboxylic acids is 1. The number of halogens is 1. The number of nitrogens with one attached hydrogen (secondary N) is 2. The molecule has 1 amide bonds. The highest BCUT2D eigenvalue weighted by Gasteiger charge is 2.39. The van der Waals surface area contributed by atoms with Crippen LogP contribution in [0.25, 0.3) is 0 Å². The van der Waals surface area contributed by atoms with E-state index >= 15 is 0 Å². The molecule has 0 saturated carbocycles. The number of amides is 1. The predicted octanol–water partition coefficient (Wildman–Crippen LogP) is 2.36. The average molecular weight is 264 g/mol. The van der Waals surface area contributed by atoms with Gasteiger partial charge in [-0.2, -0.15) is 0 Å². The zero-order valence-electron chi connectivity index (χ0n) is 11.3. The molecule has 19 heavy (non-hydrogen) atoms. The van der Waals surface area contributed by atoms with Gasteiger partial charge in [0.25, 0.3) is 0 Å². The van der Waals surface area contributed by atoms with Crippen LogP contribution >= 0.6 is 0 Å². The van der Waals surface area contributed by atoms with Gasteiger partial charge < -0.3 is 10.6 Å². The molecule has 0 bridgehead atoms. The third kappa shape index (κ3) is 3.13. The molecule has 1 aliphatic heterocycles. The summed E-state index contributed by atoms with van der Waals surface area (Å²) in [7, 11) is 0. The SMILES string of the molecule is CCCC1(C(=O)NCc2ccccc2F)CCCN1. The second-order valence-electron chi connectivity index (χ2n) is 5.14. The fourth-order valence-corrected chi connectivity index (χ4v) is 2.74. The van der Waals surface area contributed by atoms with Gasteiger partial charge in [0.1, 0.15) is 5.82 Å². The molecule has 1 aliphatic rings. The van der Waals surface area contributed by atoms with Gasteiger partial charge >= 0.3 is 0 Å². The number of hydrogen-bond donors (Lipinski definition) is 2.